The van der Waals surface area contributed by atoms with Crippen LogP contribution < -0.4 is 0 Å². The normalized spacial score (nSPS) is 10.9. The van der Waals surface area contributed by atoms with Gasteiger partial charge in [-0.3, -0.25) is 0 Å². The van der Waals surface area contributed by atoms with Gasteiger partial charge in [-0.1, -0.05) is 19.9 Å². The second-order valence-corrected chi connectivity index (χ2v) is 4.70. The van der Waals surface area contributed by atoms with E-state index in [9.17, 15) is 0 Å². The van der Waals surface area contributed by atoms with Gasteiger partial charge in [-0.15, -0.1) is 11.8 Å². The number of rotatable bonds is 2. The summed E-state index contributed by atoms with van der Waals surface area (Å²) in [7, 11) is 0. The Labute approximate surface area is 85.7 Å². The molecule has 0 heterocycles. The van der Waals surface area contributed by atoms with Crippen molar-refractivity contribution in [3.8, 4) is 0 Å². The predicted molar refractivity (Wildman–Crippen MR) is 61.8 cm³/mol. The summed E-state index contributed by atoms with van der Waals surface area (Å²) in [6.07, 6.45) is 2.15. The summed E-state index contributed by atoms with van der Waals surface area (Å²) in [5, 5.41) is 0. The standard InChI is InChI=1S/C12H18S/c1-8(2)12-10(4)6-9(3)7-11(12)13-5/h6-8H,1-5H3. The van der Waals surface area contributed by atoms with Crippen molar-refractivity contribution in [1.82, 2.24) is 0 Å². The lowest BCUT2D eigenvalue weighted by atomic mass is 9.96. The monoisotopic (exact) mass is 194 g/mol. The number of benzene rings is 1. The molecular formula is C12H18S. The van der Waals surface area contributed by atoms with Crippen molar-refractivity contribution < 1.29 is 0 Å². The maximum Gasteiger partial charge on any atom is 0.0109 e. The minimum atomic E-state index is 0.628. The molecule has 0 saturated carbocycles. The van der Waals surface area contributed by atoms with E-state index in [1.54, 1.807) is 0 Å². The molecule has 0 bridgehead atoms. The summed E-state index contributed by atoms with van der Waals surface area (Å²) >= 11 is 1.85. The van der Waals surface area contributed by atoms with Crippen LogP contribution >= 0.6 is 11.8 Å². The zero-order valence-corrected chi connectivity index (χ0v) is 9.96. The van der Waals surface area contributed by atoms with Crippen molar-refractivity contribution in [3.63, 3.8) is 0 Å². The zero-order chi connectivity index (χ0) is 10.0. The summed E-state index contributed by atoms with van der Waals surface area (Å²) in [6.45, 7) is 8.90. The van der Waals surface area contributed by atoms with E-state index in [-0.39, 0.29) is 0 Å². The minimum Gasteiger partial charge on any atom is -0.129 e. The SMILES string of the molecule is CSc1cc(C)cc(C)c1C(C)C. The molecule has 0 radical (unpaired) electrons. The molecule has 0 fully saturated rings. The smallest absolute Gasteiger partial charge is 0.0109 e. The third-order valence-electron chi connectivity index (χ3n) is 2.29. The first-order valence-electron chi connectivity index (χ1n) is 4.71. The van der Waals surface area contributed by atoms with Gasteiger partial charge in [0.2, 0.25) is 0 Å². The summed E-state index contributed by atoms with van der Waals surface area (Å²) in [5.41, 5.74) is 4.31. The van der Waals surface area contributed by atoms with Gasteiger partial charge in [0.15, 0.2) is 0 Å². The van der Waals surface area contributed by atoms with Gasteiger partial charge >= 0.3 is 0 Å². The number of hydrogen-bond acceptors (Lipinski definition) is 1. The highest BCUT2D eigenvalue weighted by molar-refractivity contribution is 7.98. The predicted octanol–water partition coefficient (Wildman–Crippen LogP) is 4.15. The fourth-order valence-corrected chi connectivity index (χ4v) is 2.77. The Morgan fingerprint density at radius 1 is 1.15 bits per heavy atom. The van der Waals surface area contributed by atoms with Crippen molar-refractivity contribution in [3.05, 3.63) is 28.8 Å². The molecule has 0 atom stereocenters. The quantitative estimate of drug-likeness (QED) is 0.637. The van der Waals surface area contributed by atoms with Gasteiger partial charge in [0, 0.05) is 4.90 Å². The van der Waals surface area contributed by atoms with Gasteiger partial charge in [-0.25, -0.2) is 0 Å². The Morgan fingerprint density at radius 3 is 2.23 bits per heavy atom. The molecule has 13 heavy (non-hydrogen) atoms. The minimum absolute atomic E-state index is 0.628. The van der Waals surface area contributed by atoms with E-state index in [0.717, 1.165) is 0 Å². The highest BCUT2D eigenvalue weighted by Crippen LogP contribution is 2.30. The number of hydrogen-bond donors (Lipinski definition) is 0. The van der Waals surface area contributed by atoms with Crippen LogP contribution in [0.1, 0.15) is 36.5 Å². The summed E-state index contributed by atoms with van der Waals surface area (Å²) in [5.74, 6) is 0.628. The molecule has 0 aliphatic heterocycles. The Balaban J connectivity index is 3.30. The lowest BCUT2D eigenvalue weighted by Crippen LogP contribution is -1.96. The van der Waals surface area contributed by atoms with E-state index in [4.69, 9.17) is 0 Å². The molecule has 1 rings (SSSR count). The van der Waals surface area contributed by atoms with Gasteiger partial charge in [0.05, 0.1) is 0 Å². The Morgan fingerprint density at radius 2 is 1.77 bits per heavy atom. The largest absolute Gasteiger partial charge is 0.129 e. The van der Waals surface area contributed by atoms with E-state index >= 15 is 0 Å². The first-order valence-corrected chi connectivity index (χ1v) is 5.94. The van der Waals surface area contributed by atoms with Crippen molar-refractivity contribution in [2.24, 2.45) is 0 Å². The second kappa shape index (κ2) is 4.19. The maximum atomic E-state index is 2.28. The topological polar surface area (TPSA) is 0 Å². The highest BCUT2D eigenvalue weighted by Gasteiger charge is 2.09. The molecule has 0 aliphatic carbocycles. The molecule has 0 amide bonds. The Hall–Kier alpha value is -0.430. The average Bonchev–Trinajstić information content (AvgIpc) is 2.01. The average molecular weight is 194 g/mol. The van der Waals surface area contributed by atoms with E-state index in [1.165, 1.54) is 21.6 Å². The van der Waals surface area contributed by atoms with Crippen LogP contribution in [0.15, 0.2) is 17.0 Å². The van der Waals surface area contributed by atoms with Gasteiger partial charge in [0.25, 0.3) is 0 Å². The van der Waals surface area contributed by atoms with Gasteiger partial charge in [0.1, 0.15) is 0 Å². The molecule has 0 nitrogen and oxygen atoms in total. The van der Waals surface area contributed by atoms with Crippen molar-refractivity contribution in [1.29, 1.82) is 0 Å². The van der Waals surface area contributed by atoms with E-state index in [0.29, 0.717) is 5.92 Å². The van der Waals surface area contributed by atoms with Crippen LogP contribution in [0, 0.1) is 13.8 Å². The third kappa shape index (κ3) is 2.28. The van der Waals surface area contributed by atoms with Crippen LogP contribution in [0.5, 0.6) is 0 Å². The molecular weight excluding hydrogens is 176 g/mol. The molecule has 0 saturated heterocycles. The first-order chi connectivity index (χ1) is 6.06. The van der Waals surface area contributed by atoms with Crippen LogP contribution in [0.2, 0.25) is 0 Å². The molecule has 1 heteroatoms. The van der Waals surface area contributed by atoms with E-state index < -0.39 is 0 Å². The fourth-order valence-electron chi connectivity index (χ4n) is 1.85. The summed E-state index contributed by atoms with van der Waals surface area (Å²) < 4.78 is 0. The van der Waals surface area contributed by atoms with Crippen LogP contribution in [0.4, 0.5) is 0 Å². The summed E-state index contributed by atoms with van der Waals surface area (Å²) in [6, 6.07) is 4.56. The maximum absolute atomic E-state index is 2.28. The van der Waals surface area contributed by atoms with Gasteiger partial charge < -0.3 is 0 Å². The molecule has 0 aliphatic rings. The van der Waals surface area contributed by atoms with Gasteiger partial charge in [-0.05, 0) is 48.8 Å². The fraction of sp³-hybridized carbons (Fsp3) is 0.500. The molecule has 0 spiro atoms. The van der Waals surface area contributed by atoms with E-state index in [2.05, 4.69) is 46.1 Å². The van der Waals surface area contributed by atoms with Gasteiger partial charge in [-0.2, -0.15) is 0 Å². The zero-order valence-electron chi connectivity index (χ0n) is 9.14. The van der Waals surface area contributed by atoms with Crippen molar-refractivity contribution >= 4 is 11.8 Å². The van der Waals surface area contributed by atoms with Crippen LogP contribution in [-0.4, -0.2) is 6.26 Å². The first kappa shape index (κ1) is 10.6. The van der Waals surface area contributed by atoms with Crippen LogP contribution in [-0.2, 0) is 0 Å². The molecule has 0 unspecified atom stereocenters. The summed E-state index contributed by atoms with van der Waals surface area (Å²) in [4.78, 5) is 1.44. The van der Waals surface area contributed by atoms with E-state index in [1.807, 2.05) is 11.8 Å². The second-order valence-electron chi connectivity index (χ2n) is 3.85. The van der Waals surface area contributed by atoms with Crippen molar-refractivity contribution in [2.75, 3.05) is 6.26 Å². The molecule has 1 aromatic carbocycles. The molecule has 0 aromatic heterocycles. The third-order valence-corrected chi connectivity index (χ3v) is 3.07. The molecule has 0 N–H and O–H groups in total. The number of aryl methyl sites for hydroxylation is 2. The lowest BCUT2D eigenvalue weighted by molar-refractivity contribution is 0.830. The van der Waals surface area contributed by atoms with Crippen LogP contribution in [0.3, 0.4) is 0 Å². The highest BCUT2D eigenvalue weighted by atomic mass is 32.2. The Bertz CT molecular complexity index is 300. The van der Waals surface area contributed by atoms with Crippen LogP contribution in [0.25, 0.3) is 0 Å². The number of thioether (sulfide) groups is 1. The molecule has 1 aromatic rings. The van der Waals surface area contributed by atoms with Crippen molar-refractivity contribution in [2.45, 2.75) is 38.5 Å². The Kier molecular flexibility index (Phi) is 3.43. The lowest BCUT2D eigenvalue weighted by Gasteiger charge is -2.15. The molecule has 72 valence electrons.